The molecule has 1 aromatic carbocycles. The highest BCUT2D eigenvalue weighted by molar-refractivity contribution is 9.10. The molecule has 2 rings (SSSR count). The van der Waals surface area contributed by atoms with Gasteiger partial charge in [0, 0.05) is 14.9 Å². The summed E-state index contributed by atoms with van der Waals surface area (Å²) in [5, 5.41) is 10.0. The highest BCUT2D eigenvalue weighted by atomic mass is 79.9. The molecule has 0 radical (unpaired) electrons. The standard InChI is InChI=1S/C12H13BrN2OS/c1-7-11(10(14)6-16)17-12(15-7)8-2-4-9(13)5-3-8/h2-5,10,16H,6,14H2,1H3. The first-order chi connectivity index (χ1) is 8.11. The molecule has 0 bridgehead atoms. The van der Waals surface area contributed by atoms with Gasteiger partial charge in [0.2, 0.25) is 0 Å². The van der Waals surface area contributed by atoms with Gasteiger partial charge in [0.1, 0.15) is 5.01 Å². The van der Waals surface area contributed by atoms with Crippen LogP contribution in [0.5, 0.6) is 0 Å². The molecule has 1 atom stereocenters. The Labute approximate surface area is 112 Å². The maximum atomic E-state index is 9.08. The minimum atomic E-state index is -0.336. The molecule has 0 saturated carbocycles. The Morgan fingerprint density at radius 2 is 2.06 bits per heavy atom. The number of nitrogens with zero attached hydrogens (tertiary/aromatic N) is 1. The van der Waals surface area contributed by atoms with E-state index in [1.807, 2.05) is 31.2 Å². The summed E-state index contributed by atoms with van der Waals surface area (Å²) in [5.74, 6) is 0. The predicted molar refractivity (Wildman–Crippen MR) is 74.0 cm³/mol. The van der Waals surface area contributed by atoms with E-state index in [0.29, 0.717) is 0 Å². The van der Waals surface area contributed by atoms with E-state index in [-0.39, 0.29) is 12.6 Å². The molecule has 1 aromatic heterocycles. The van der Waals surface area contributed by atoms with Crippen LogP contribution in [0.15, 0.2) is 28.7 Å². The maximum absolute atomic E-state index is 9.08. The molecule has 0 aliphatic heterocycles. The lowest BCUT2D eigenvalue weighted by atomic mass is 10.2. The van der Waals surface area contributed by atoms with E-state index in [4.69, 9.17) is 10.8 Å². The second-order valence-corrected chi connectivity index (χ2v) is 5.71. The van der Waals surface area contributed by atoms with E-state index in [9.17, 15) is 0 Å². The van der Waals surface area contributed by atoms with Crippen molar-refractivity contribution in [2.45, 2.75) is 13.0 Å². The van der Waals surface area contributed by atoms with Crippen LogP contribution >= 0.6 is 27.3 Å². The summed E-state index contributed by atoms with van der Waals surface area (Å²) in [5.41, 5.74) is 7.79. The van der Waals surface area contributed by atoms with Crippen molar-refractivity contribution in [2.24, 2.45) is 5.73 Å². The van der Waals surface area contributed by atoms with Gasteiger partial charge >= 0.3 is 0 Å². The molecular weight excluding hydrogens is 300 g/mol. The molecule has 0 aliphatic rings. The van der Waals surface area contributed by atoms with Gasteiger partial charge in [0.25, 0.3) is 0 Å². The Bertz CT molecular complexity index is 510. The van der Waals surface area contributed by atoms with Gasteiger partial charge in [-0.3, -0.25) is 0 Å². The van der Waals surface area contributed by atoms with Crippen molar-refractivity contribution in [1.29, 1.82) is 0 Å². The smallest absolute Gasteiger partial charge is 0.123 e. The van der Waals surface area contributed by atoms with Gasteiger partial charge in [-0.15, -0.1) is 11.3 Å². The second kappa shape index (κ2) is 5.27. The van der Waals surface area contributed by atoms with Gasteiger partial charge in [0.15, 0.2) is 0 Å². The van der Waals surface area contributed by atoms with Gasteiger partial charge in [0.05, 0.1) is 18.3 Å². The van der Waals surface area contributed by atoms with Crippen LogP contribution in [-0.2, 0) is 0 Å². The molecule has 2 aromatic rings. The number of aromatic nitrogens is 1. The molecule has 90 valence electrons. The molecule has 3 nitrogen and oxygen atoms in total. The highest BCUT2D eigenvalue weighted by Crippen LogP contribution is 2.31. The summed E-state index contributed by atoms with van der Waals surface area (Å²) in [4.78, 5) is 5.44. The van der Waals surface area contributed by atoms with Gasteiger partial charge in [-0.05, 0) is 19.1 Å². The average Bonchev–Trinajstić information content (AvgIpc) is 2.71. The highest BCUT2D eigenvalue weighted by Gasteiger charge is 2.14. The fourth-order valence-electron chi connectivity index (χ4n) is 1.55. The van der Waals surface area contributed by atoms with Crippen LogP contribution < -0.4 is 5.73 Å². The number of aliphatic hydroxyl groups excluding tert-OH is 1. The SMILES string of the molecule is Cc1nc(-c2ccc(Br)cc2)sc1C(N)CO. The van der Waals surface area contributed by atoms with Crippen LogP contribution in [0.3, 0.4) is 0 Å². The minimum Gasteiger partial charge on any atom is -0.394 e. The lowest BCUT2D eigenvalue weighted by molar-refractivity contribution is 0.269. The Morgan fingerprint density at radius 1 is 1.41 bits per heavy atom. The zero-order valence-corrected chi connectivity index (χ0v) is 11.8. The summed E-state index contributed by atoms with van der Waals surface area (Å²) in [6, 6.07) is 7.65. The van der Waals surface area contributed by atoms with Gasteiger partial charge in [-0.2, -0.15) is 0 Å². The van der Waals surface area contributed by atoms with Crippen LogP contribution in [0, 0.1) is 6.92 Å². The number of aliphatic hydroxyl groups is 1. The summed E-state index contributed by atoms with van der Waals surface area (Å²) < 4.78 is 1.04. The topological polar surface area (TPSA) is 59.1 Å². The average molecular weight is 313 g/mol. The molecule has 0 amide bonds. The Balaban J connectivity index is 2.37. The lowest BCUT2D eigenvalue weighted by Gasteiger charge is -2.04. The first kappa shape index (κ1) is 12.7. The van der Waals surface area contributed by atoms with Gasteiger partial charge < -0.3 is 10.8 Å². The quantitative estimate of drug-likeness (QED) is 0.916. The van der Waals surface area contributed by atoms with Gasteiger partial charge in [-0.25, -0.2) is 4.98 Å². The number of benzene rings is 1. The van der Waals surface area contributed by atoms with Crippen molar-refractivity contribution in [3.8, 4) is 10.6 Å². The molecule has 1 heterocycles. The number of aryl methyl sites for hydroxylation is 1. The fraction of sp³-hybridized carbons (Fsp3) is 0.250. The maximum Gasteiger partial charge on any atom is 0.123 e. The van der Waals surface area contributed by atoms with E-state index in [0.717, 1.165) is 25.6 Å². The fourth-order valence-corrected chi connectivity index (χ4v) is 2.88. The molecule has 0 aliphatic carbocycles. The normalized spacial score (nSPS) is 12.7. The molecule has 0 fully saturated rings. The third-order valence-electron chi connectivity index (χ3n) is 2.46. The van der Waals surface area contributed by atoms with E-state index in [1.54, 1.807) is 0 Å². The minimum absolute atomic E-state index is 0.0528. The van der Waals surface area contributed by atoms with Crippen LogP contribution in [0.4, 0.5) is 0 Å². The van der Waals surface area contributed by atoms with Crippen LogP contribution in [-0.4, -0.2) is 16.7 Å². The number of rotatable bonds is 3. The molecule has 3 N–H and O–H groups in total. The summed E-state index contributed by atoms with van der Waals surface area (Å²) >= 11 is 4.94. The van der Waals surface area contributed by atoms with Crippen molar-refractivity contribution in [3.63, 3.8) is 0 Å². The van der Waals surface area contributed by atoms with Crippen LogP contribution in [0.25, 0.3) is 10.6 Å². The van der Waals surface area contributed by atoms with Crippen molar-refractivity contribution in [2.75, 3.05) is 6.61 Å². The van der Waals surface area contributed by atoms with E-state index < -0.39 is 0 Å². The van der Waals surface area contributed by atoms with Crippen molar-refractivity contribution >= 4 is 27.3 Å². The summed E-state index contributed by atoms with van der Waals surface area (Å²) in [6.07, 6.45) is 0. The van der Waals surface area contributed by atoms with Crippen molar-refractivity contribution in [3.05, 3.63) is 39.3 Å². The van der Waals surface area contributed by atoms with E-state index >= 15 is 0 Å². The largest absolute Gasteiger partial charge is 0.394 e. The Kier molecular flexibility index (Phi) is 3.93. The lowest BCUT2D eigenvalue weighted by Crippen LogP contribution is -2.13. The van der Waals surface area contributed by atoms with Crippen LogP contribution in [0.1, 0.15) is 16.6 Å². The molecule has 0 spiro atoms. The van der Waals surface area contributed by atoms with E-state index in [1.165, 1.54) is 11.3 Å². The Hall–Kier alpha value is -0.750. The number of thiazole rings is 1. The summed E-state index contributed by atoms with van der Waals surface area (Å²) in [6.45, 7) is 1.87. The molecular formula is C12H13BrN2OS. The molecule has 17 heavy (non-hydrogen) atoms. The number of hydrogen-bond acceptors (Lipinski definition) is 4. The third kappa shape index (κ3) is 2.74. The zero-order valence-electron chi connectivity index (χ0n) is 9.35. The molecule has 0 saturated heterocycles. The molecule has 5 heteroatoms. The first-order valence-electron chi connectivity index (χ1n) is 5.21. The third-order valence-corrected chi connectivity index (χ3v) is 4.32. The predicted octanol–water partition coefficient (Wildman–Crippen LogP) is 2.87. The first-order valence-corrected chi connectivity index (χ1v) is 6.82. The van der Waals surface area contributed by atoms with Gasteiger partial charge in [-0.1, -0.05) is 28.1 Å². The number of nitrogens with two attached hydrogens (primary N) is 1. The number of halogens is 1. The second-order valence-electron chi connectivity index (χ2n) is 3.76. The summed E-state index contributed by atoms with van der Waals surface area (Å²) in [7, 11) is 0. The monoisotopic (exact) mass is 312 g/mol. The zero-order chi connectivity index (χ0) is 12.4. The molecule has 1 unspecified atom stereocenters. The van der Waals surface area contributed by atoms with Crippen molar-refractivity contribution < 1.29 is 5.11 Å². The van der Waals surface area contributed by atoms with E-state index in [2.05, 4.69) is 20.9 Å². The van der Waals surface area contributed by atoms with Crippen LogP contribution in [0.2, 0.25) is 0 Å². The van der Waals surface area contributed by atoms with Crippen molar-refractivity contribution in [1.82, 2.24) is 4.98 Å². The Morgan fingerprint density at radius 3 is 2.65 bits per heavy atom. The number of hydrogen-bond donors (Lipinski definition) is 2.